The third-order valence-corrected chi connectivity index (χ3v) is 3.12. The minimum atomic E-state index is -0.140. The highest BCUT2D eigenvalue weighted by molar-refractivity contribution is 5.78. The van der Waals surface area contributed by atoms with Crippen LogP contribution in [0.25, 0.3) is 0 Å². The van der Waals surface area contributed by atoms with Crippen molar-refractivity contribution in [1.82, 2.24) is 10.2 Å². The van der Waals surface area contributed by atoms with Gasteiger partial charge in [0.15, 0.2) is 0 Å². The number of nitrogens with zero attached hydrogens (tertiary/aromatic N) is 1. The normalized spacial score (nSPS) is 17.4. The molecule has 0 aromatic heterocycles. The van der Waals surface area contributed by atoms with Gasteiger partial charge in [-0.1, -0.05) is 0 Å². The van der Waals surface area contributed by atoms with Gasteiger partial charge in [0.05, 0.1) is 26.2 Å². The van der Waals surface area contributed by atoms with E-state index in [1.807, 2.05) is 0 Å². The van der Waals surface area contributed by atoms with Crippen LogP contribution >= 0.6 is 0 Å². The number of carbonyl (C=O) groups excluding carboxylic acids is 2. The van der Waals surface area contributed by atoms with Gasteiger partial charge in [0.25, 0.3) is 0 Å². The van der Waals surface area contributed by atoms with E-state index in [2.05, 4.69) is 10.2 Å². The number of ether oxygens (including phenoxy) is 2. The van der Waals surface area contributed by atoms with Crippen molar-refractivity contribution in [1.29, 1.82) is 0 Å². The van der Waals surface area contributed by atoms with E-state index in [0.29, 0.717) is 19.7 Å². The fourth-order valence-corrected chi connectivity index (χ4v) is 2.04. The Morgan fingerprint density at radius 1 is 1.28 bits per heavy atom. The van der Waals surface area contributed by atoms with E-state index >= 15 is 0 Å². The second-order valence-electron chi connectivity index (χ2n) is 4.42. The number of nitrogens with one attached hydrogen (secondary N) is 1. The molecule has 0 spiro atoms. The van der Waals surface area contributed by atoms with E-state index in [9.17, 15) is 9.59 Å². The third-order valence-electron chi connectivity index (χ3n) is 3.12. The first kappa shape index (κ1) is 14.9. The summed E-state index contributed by atoms with van der Waals surface area (Å²) in [5, 5.41) is 2.78. The number of hydrogen-bond acceptors (Lipinski definition) is 5. The Labute approximate surface area is 108 Å². The highest BCUT2D eigenvalue weighted by atomic mass is 16.5. The summed E-state index contributed by atoms with van der Waals surface area (Å²) in [7, 11) is 3.02. The molecule has 1 amide bonds. The van der Waals surface area contributed by atoms with Gasteiger partial charge in [-0.25, -0.2) is 0 Å². The molecule has 0 radical (unpaired) electrons. The topological polar surface area (TPSA) is 67.9 Å². The van der Waals surface area contributed by atoms with E-state index in [0.717, 1.165) is 25.9 Å². The molecule has 1 N–H and O–H groups in total. The molecule has 1 heterocycles. The van der Waals surface area contributed by atoms with Gasteiger partial charge in [0.1, 0.15) is 0 Å². The van der Waals surface area contributed by atoms with Crippen molar-refractivity contribution in [3.05, 3.63) is 0 Å². The zero-order valence-corrected chi connectivity index (χ0v) is 11.1. The third kappa shape index (κ3) is 5.01. The summed E-state index contributed by atoms with van der Waals surface area (Å²) in [6.07, 6.45) is 1.52. The predicted molar refractivity (Wildman–Crippen MR) is 66.1 cm³/mol. The van der Waals surface area contributed by atoms with Crippen molar-refractivity contribution in [3.8, 4) is 0 Å². The first-order valence-electron chi connectivity index (χ1n) is 6.23. The predicted octanol–water partition coefficient (Wildman–Crippen LogP) is -0.366. The lowest BCUT2D eigenvalue weighted by atomic mass is 9.97. The Morgan fingerprint density at radius 3 is 2.50 bits per heavy atom. The van der Waals surface area contributed by atoms with Crippen LogP contribution in [-0.2, 0) is 19.1 Å². The molecular weight excluding hydrogens is 236 g/mol. The van der Waals surface area contributed by atoms with Crippen molar-refractivity contribution in [2.45, 2.75) is 12.8 Å². The number of piperidine rings is 1. The van der Waals surface area contributed by atoms with Crippen LogP contribution in [0.1, 0.15) is 12.8 Å². The summed E-state index contributed by atoms with van der Waals surface area (Å²) >= 11 is 0. The van der Waals surface area contributed by atoms with Gasteiger partial charge in [-0.2, -0.15) is 0 Å². The van der Waals surface area contributed by atoms with E-state index in [-0.39, 0.29) is 17.8 Å². The Bertz CT molecular complexity index is 275. The summed E-state index contributed by atoms with van der Waals surface area (Å²) in [6.45, 7) is 2.97. The summed E-state index contributed by atoms with van der Waals surface area (Å²) in [5.74, 6) is -0.148. The fourth-order valence-electron chi connectivity index (χ4n) is 2.04. The van der Waals surface area contributed by atoms with Crippen molar-refractivity contribution in [2.75, 3.05) is 47.0 Å². The Balaban J connectivity index is 2.18. The summed E-state index contributed by atoms with van der Waals surface area (Å²) in [4.78, 5) is 25.0. The maximum atomic E-state index is 11.6. The second kappa shape index (κ2) is 8.05. The summed E-state index contributed by atoms with van der Waals surface area (Å²) in [5.41, 5.74) is 0. The van der Waals surface area contributed by atoms with E-state index in [4.69, 9.17) is 9.47 Å². The molecule has 6 nitrogen and oxygen atoms in total. The molecule has 0 bridgehead atoms. The molecule has 0 aromatic rings. The van der Waals surface area contributed by atoms with E-state index < -0.39 is 0 Å². The molecule has 1 fully saturated rings. The Kier molecular flexibility index (Phi) is 6.67. The van der Waals surface area contributed by atoms with Crippen LogP contribution in [0.2, 0.25) is 0 Å². The molecule has 1 aliphatic heterocycles. The lowest BCUT2D eigenvalue weighted by Gasteiger charge is -2.29. The summed E-state index contributed by atoms with van der Waals surface area (Å²) < 4.78 is 9.58. The van der Waals surface area contributed by atoms with Crippen molar-refractivity contribution in [2.24, 2.45) is 5.92 Å². The van der Waals surface area contributed by atoms with E-state index in [1.165, 1.54) is 7.11 Å². The number of rotatable bonds is 6. The molecule has 1 aliphatic rings. The quantitative estimate of drug-likeness (QED) is 0.520. The lowest BCUT2D eigenvalue weighted by Crippen LogP contribution is -2.43. The zero-order chi connectivity index (χ0) is 13.4. The van der Waals surface area contributed by atoms with Crippen molar-refractivity contribution < 1.29 is 19.1 Å². The molecule has 0 atom stereocenters. The van der Waals surface area contributed by atoms with Crippen molar-refractivity contribution >= 4 is 11.9 Å². The maximum absolute atomic E-state index is 11.6. The first-order chi connectivity index (χ1) is 8.67. The Morgan fingerprint density at radius 2 is 1.94 bits per heavy atom. The molecule has 0 aromatic carbocycles. The van der Waals surface area contributed by atoms with Crippen LogP contribution < -0.4 is 5.32 Å². The summed E-state index contributed by atoms with van der Waals surface area (Å²) in [6, 6.07) is 0. The van der Waals surface area contributed by atoms with Crippen molar-refractivity contribution in [3.63, 3.8) is 0 Å². The highest BCUT2D eigenvalue weighted by Crippen LogP contribution is 2.17. The molecule has 0 saturated carbocycles. The van der Waals surface area contributed by atoms with Crippen LogP contribution in [0.3, 0.4) is 0 Å². The smallest absolute Gasteiger partial charge is 0.308 e. The fraction of sp³-hybridized carbons (Fsp3) is 0.833. The molecule has 18 heavy (non-hydrogen) atoms. The SMILES string of the molecule is COCCNC(=O)CN1CCC(C(=O)OC)CC1. The first-order valence-corrected chi connectivity index (χ1v) is 6.23. The number of likely N-dealkylation sites (tertiary alicyclic amines) is 1. The number of amides is 1. The van der Waals surface area contributed by atoms with Crippen LogP contribution in [0, 0.1) is 5.92 Å². The average molecular weight is 258 g/mol. The van der Waals surface area contributed by atoms with Gasteiger partial charge in [0, 0.05) is 13.7 Å². The highest BCUT2D eigenvalue weighted by Gasteiger charge is 2.26. The van der Waals surface area contributed by atoms with Gasteiger partial charge in [-0.05, 0) is 25.9 Å². The number of methoxy groups -OCH3 is 2. The molecule has 0 aliphatic carbocycles. The molecule has 1 saturated heterocycles. The zero-order valence-electron chi connectivity index (χ0n) is 11.1. The van der Waals surface area contributed by atoms with Crippen LogP contribution in [0.5, 0.6) is 0 Å². The standard InChI is InChI=1S/C12H22N2O4/c1-17-8-5-13-11(15)9-14-6-3-10(4-7-14)12(16)18-2/h10H,3-9H2,1-2H3,(H,13,15). The molecule has 0 unspecified atom stereocenters. The van der Waals surface area contributed by atoms with Gasteiger partial charge < -0.3 is 14.8 Å². The molecule has 104 valence electrons. The van der Waals surface area contributed by atoms with Gasteiger partial charge in [-0.3, -0.25) is 14.5 Å². The Hall–Kier alpha value is -1.14. The van der Waals surface area contributed by atoms with Crippen LogP contribution in [0.4, 0.5) is 0 Å². The van der Waals surface area contributed by atoms with Gasteiger partial charge in [-0.15, -0.1) is 0 Å². The second-order valence-corrected chi connectivity index (χ2v) is 4.42. The van der Waals surface area contributed by atoms with Gasteiger partial charge >= 0.3 is 5.97 Å². The largest absolute Gasteiger partial charge is 0.469 e. The number of hydrogen-bond donors (Lipinski definition) is 1. The van der Waals surface area contributed by atoms with Gasteiger partial charge in [0.2, 0.25) is 5.91 Å². The maximum Gasteiger partial charge on any atom is 0.308 e. The van der Waals surface area contributed by atoms with Crippen LogP contribution in [-0.4, -0.2) is 63.8 Å². The molecular formula is C12H22N2O4. The average Bonchev–Trinajstić information content (AvgIpc) is 2.39. The van der Waals surface area contributed by atoms with E-state index in [1.54, 1.807) is 7.11 Å². The number of carbonyl (C=O) groups is 2. The molecule has 6 heteroatoms. The monoisotopic (exact) mass is 258 g/mol. The van der Waals surface area contributed by atoms with Crippen LogP contribution in [0.15, 0.2) is 0 Å². The minimum Gasteiger partial charge on any atom is -0.469 e. The lowest BCUT2D eigenvalue weighted by molar-refractivity contribution is -0.147. The minimum absolute atomic E-state index is 0.00330. The number of esters is 1. The molecule has 1 rings (SSSR count).